The Hall–Kier alpha value is -2.63. The summed E-state index contributed by atoms with van der Waals surface area (Å²) in [5.74, 6) is -0.403. The first-order chi connectivity index (χ1) is 13.0. The number of hydrogen-bond acceptors (Lipinski definition) is 3. The van der Waals surface area contributed by atoms with Gasteiger partial charge < -0.3 is 10.3 Å². The van der Waals surface area contributed by atoms with E-state index in [4.69, 9.17) is 11.6 Å². The zero-order valence-electron chi connectivity index (χ0n) is 15.0. The van der Waals surface area contributed by atoms with Crippen LogP contribution in [0.15, 0.2) is 48.7 Å². The zero-order chi connectivity index (χ0) is 19.0. The van der Waals surface area contributed by atoms with Gasteiger partial charge in [0.2, 0.25) is 5.91 Å². The average Bonchev–Trinajstić information content (AvgIpc) is 3.17. The van der Waals surface area contributed by atoms with Crippen LogP contribution in [0.4, 0.5) is 5.69 Å². The Kier molecular flexibility index (Phi) is 4.72. The molecular weight excluding hydrogens is 362 g/mol. The predicted molar refractivity (Wildman–Crippen MR) is 107 cm³/mol. The van der Waals surface area contributed by atoms with Crippen LogP contribution in [0.5, 0.6) is 0 Å². The molecule has 1 fully saturated rings. The number of aryl methyl sites for hydroxylation is 1. The number of hydrogen-bond donors (Lipinski definition) is 2. The van der Waals surface area contributed by atoms with Gasteiger partial charge >= 0.3 is 0 Å². The molecule has 1 aromatic heterocycles. The molecule has 0 spiro atoms. The molecule has 0 bridgehead atoms. The Morgan fingerprint density at radius 1 is 1.19 bits per heavy atom. The van der Waals surface area contributed by atoms with Crippen molar-refractivity contribution in [3.05, 3.63) is 64.8 Å². The maximum absolute atomic E-state index is 12.7. The smallest absolute Gasteiger partial charge is 0.251 e. The highest BCUT2D eigenvalue weighted by Crippen LogP contribution is 2.25. The van der Waals surface area contributed by atoms with Gasteiger partial charge in [0.05, 0.1) is 18.2 Å². The van der Waals surface area contributed by atoms with Gasteiger partial charge in [-0.05, 0) is 55.3 Å². The molecule has 1 saturated heterocycles. The van der Waals surface area contributed by atoms with Crippen LogP contribution in [0.2, 0.25) is 5.02 Å². The molecule has 2 N–H and O–H groups in total. The van der Waals surface area contributed by atoms with Gasteiger partial charge in [-0.1, -0.05) is 23.2 Å². The highest BCUT2D eigenvalue weighted by atomic mass is 35.5. The van der Waals surface area contributed by atoms with E-state index in [1.807, 2.05) is 6.20 Å². The van der Waals surface area contributed by atoms with E-state index in [2.05, 4.69) is 35.4 Å². The van der Waals surface area contributed by atoms with Gasteiger partial charge in [-0.2, -0.15) is 0 Å². The second-order valence-corrected chi connectivity index (χ2v) is 7.30. The topological polar surface area (TPSA) is 65.2 Å². The molecule has 3 aromatic rings. The molecule has 1 aliphatic heterocycles. The summed E-state index contributed by atoms with van der Waals surface area (Å²) in [7, 11) is 0. The first-order valence-electron chi connectivity index (χ1n) is 8.95. The Balaban J connectivity index is 1.41. The zero-order valence-corrected chi connectivity index (χ0v) is 15.7. The minimum atomic E-state index is -0.486. The molecule has 0 unspecified atom stereocenters. The van der Waals surface area contributed by atoms with Crippen LogP contribution in [-0.2, 0) is 16.0 Å². The van der Waals surface area contributed by atoms with E-state index in [0.29, 0.717) is 17.3 Å². The maximum atomic E-state index is 12.7. The first kappa shape index (κ1) is 17.8. The van der Waals surface area contributed by atoms with Crippen LogP contribution in [-0.4, -0.2) is 29.4 Å². The number of aromatic nitrogens is 1. The lowest BCUT2D eigenvalue weighted by atomic mass is 10.1. The van der Waals surface area contributed by atoms with Gasteiger partial charge in [0, 0.05) is 28.7 Å². The van der Waals surface area contributed by atoms with Crippen molar-refractivity contribution in [3.63, 3.8) is 0 Å². The van der Waals surface area contributed by atoms with E-state index in [0.717, 1.165) is 11.9 Å². The highest BCUT2D eigenvalue weighted by Gasteiger charge is 2.39. The minimum absolute atomic E-state index is 0.175. The molecule has 2 amide bonds. The number of benzene rings is 2. The van der Waals surface area contributed by atoms with E-state index >= 15 is 0 Å². The quantitative estimate of drug-likeness (QED) is 0.664. The lowest BCUT2D eigenvalue weighted by Crippen LogP contribution is -2.39. The number of halogens is 1. The minimum Gasteiger partial charge on any atom is -0.361 e. The van der Waals surface area contributed by atoms with Crippen molar-refractivity contribution in [2.24, 2.45) is 0 Å². The molecule has 0 saturated carbocycles. The molecular formula is C21H20ClN3O2. The largest absolute Gasteiger partial charge is 0.361 e. The van der Waals surface area contributed by atoms with Crippen molar-refractivity contribution >= 4 is 40.0 Å². The lowest BCUT2D eigenvalue weighted by Gasteiger charge is -2.15. The number of aromatic amines is 1. The average molecular weight is 382 g/mol. The number of imide groups is 1. The second-order valence-electron chi connectivity index (χ2n) is 6.87. The van der Waals surface area contributed by atoms with Crippen LogP contribution < -0.4 is 10.2 Å². The number of amides is 2. The van der Waals surface area contributed by atoms with Crippen molar-refractivity contribution in [1.82, 2.24) is 10.3 Å². The van der Waals surface area contributed by atoms with Crippen molar-refractivity contribution < 1.29 is 9.59 Å². The van der Waals surface area contributed by atoms with Gasteiger partial charge in [0.1, 0.15) is 0 Å². The molecule has 4 rings (SSSR count). The summed E-state index contributed by atoms with van der Waals surface area (Å²) in [5.41, 5.74) is 4.08. The van der Waals surface area contributed by atoms with Crippen molar-refractivity contribution in [2.75, 3.05) is 11.4 Å². The van der Waals surface area contributed by atoms with Crippen LogP contribution in [0.1, 0.15) is 17.5 Å². The van der Waals surface area contributed by atoms with Crippen molar-refractivity contribution in [1.29, 1.82) is 0 Å². The van der Waals surface area contributed by atoms with E-state index in [1.54, 1.807) is 24.3 Å². The molecule has 2 heterocycles. The van der Waals surface area contributed by atoms with Crippen LogP contribution in [0.25, 0.3) is 10.9 Å². The number of carbonyl (C=O) groups is 2. The normalized spacial score (nSPS) is 17.3. The van der Waals surface area contributed by atoms with E-state index in [-0.39, 0.29) is 18.2 Å². The Bertz CT molecular complexity index is 1010. The molecule has 0 radical (unpaired) electrons. The molecule has 1 atom stereocenters. The molecule has 2 aromatic carbocycles. The summed E-state index contributed by atoms with van der Waals surface area (Å²) in [4.78, 5) is 29.5. The number of nitrogens with one attached hydrogen (secondary N) is 2. The van der Waals surface area contributed by atoms with Crippen LogP contribution in [0.3, 0.4) is 0 Å². The molecule has 6 heteroatoms. The third-order valence-electron chi connectivity index (χ3n) is 4.94. The van der Waals surface area contributed by atoms with Crippen molar-refractivity contribution in [3.8, 4) is 0 Å². The van der Waals surface area contributed by atoms with Gasteiger partial charge in [-0.3, -0.25) is 9.59 Å². The molecule has 1 aliphatic rings. The standard InChI is InChI=1S/C21H20ClN3O2/c1-13-2-7-18-17(10-13)14(12-24-18)8-9-23-19-11-20(26)25(21(19)27)16-5-3-15(22)4-6-16/h2-7,10,12,19,23-24H,8-9,11H2,1H3/t19-/m1/s1. The van der Waals surface area contributed by atoms with Crippen LogP contribution >= 0.6 is 11.6 Å². The number of fused-ring (bicyclic) bond motifs is 1. The van der Waals surface area contributed by atoms with Crippen molar-refractivity contribution in [2.45, 2.75) is 25.8 Å². The SMILES string of the molecule is Cc1ccc2[nH]cc(CCN[C@@H]3CC(=O)N(c4ccc(Cl)cc4)C3=O)c2c1. The lowest BCUT2D eigenvalue weighted by molar-refractivity contribution is -0.121. The Labute approximate surface area is 162 Å². The van der Waals surface area contributed by atoms with E-state index < -0.39 is 6.04 Å². The monoisotopic (exact) mass is 381 g/mol. The molecule has 0 aliphatic carbocycles. The summed E-state index contributed by atoms with van der Waals surface area (Å²) in [5, 5.41) is 5.01. The Morgan fingerprint density at radius 3 is 2.74 bits per heavy atom. The number of carbonyl (C=O) groups excluding carboxylic acids is 2. The number of H-pyrrole nitrogens is 1. The van der Waals surface area contributed by atoms with Gasteiger partial charge in [-0.15, -0.1) is 0 Å². The number of rotatable bonds is 5. The first-order valence-corrected chi connectivity index (χ1v) is 9.33. The van der Waals surface area contributed by atoms with E-state index in [9.17, 15) is 9.59 Å². The molecule has 138 valence electrons. The van der Waals surface area contributed by atoms with Gasteiger partial charge in [0.15, 0.2) is 0 Å². The summed E-state index contributed by atoms with van der Waals surface area (Å²) < 4.78 is 0. The fourth-order valence-electron chi connectivity index (χ4n) is 3.53. The predicted octanol–water partition coefficient (Wildman–Crippen LogP) is 3.59. The fourth-order valence-corrected chi connectivity index (χ4v) is 3.66. The second kappa shape index (κ2) is 7.18. The maximum Gasteiger partial charge on any atom is 0.251 e. The van der Waals surface area contributed by atoms with Gasteiger partial charge in [0.25, 0.3) is 5.91 Å². The number of nitrogens with zero attached hydrogens (tertiary/aromatic N) is 1. The molecule has 5 nitrogen and oxygen atoms in total. The number of anilines is 1. The summed E-state index contributed by atoms with van der Waals surface area (Å²) >= 11 is 5.89. The highest BCUT2D eigenvalue weighted by molar-refractivity contribution is 6.30. The van der Waals surface area contributed by atoms with E-state index in [1.165, 1.54) is 21.4 Å². The third-order valence-corrected chi connectivity index (χ3v) is 5.19. The third kappa shape index (κ3) is 3.48. The summed E-state index contributed by atoms with van der Waals surface area (Å²) in [6, 6.07) is 12.6. The Morgan fingerprint density at radius 2 is 1.96 bits per heavy atom. The molecule has 27 heavy (non-hydrogen) atoms. The summed E-state index contributed by atoms with van der Waals surface area (Å²) in [6.45, 7) is 2.70. The van der Waals surface area contributed by atoms with Crippen LogP contribution in [0, 0.1) is 6.92 Å². The van der Waals surface area contributed by atoms with Gasteiger partial charge in [-0.25, -0.2) is 4.90 Å². The summed E-state index contributed by atoms with van der Waals surface area (Å²) in [6.07, 6.45) is 2.96. The fraction of sp³-hybridized carbons (Fsp3) is 0.238.